The number of nitrogens with one attached hydrogen (secondary N) is 2. The number of ether oxygens (including phenoxy) is 1. The highest BCUT2D eigenvalue weighted by molar-refractivity contribution is 14.0. The molecule has 0 fully saturated rings. The molecule has 26 heavy (non-hydrogen) atoms. The lowest BCUT2D eigenvalue weighted by Gasteiger charge is -2.14. The summed E-state index contributed by atoms with van der Waals surface area (Å²) in [6.07, 6.45) is 0. The summed E-state index contributed by atoms with van der Waals surface area (Å²) in [4.78, 5) is 4.32. The van der Waals surface area contributed by atoms with E-state index in [2.05, 4.69) is 15.6 Å². The van der Waals surface area contributed by atoms with Gasteiger partial charge in [-0.25, -0.2) is 13.8 Å². The molecule has 2 rings (SSSR count). The molecule has 0 saturated heterocycles. The molecular weight excluding hydrogens is 451 g/mol. The van der Waals surface area contributed by atoms with Crippen molar-refractivity contribution in [2.45, 2.75) is 26.9 Å². The first-order valence-electron chi connectivity index (χ1n) is 8.13. The van der Waals surface area contributed by atoms with E-state index < -0.39 is 11.6 Å². The highest BCUT2D eigenvalue weighted by Crippen LogP contribution is 2.19. The third kappa shape index (κ3) is 6.44. The van der Waals surface area contributed by atoms with Crippen LogP contribution in [0.15, 0.2) is 41.4 Å². The number of hydrogen-bond donors (Lipinski definition) is 2. The summed E-state index contributed by atoms with van der Waals surface area (Å²) >= 11 is 0. The van der Waals surface area contributed by atoms with E-state index in [1.807, 2.05) is 32.0 Å². The number of rotatable bonds is 6. The maximum absolute atomic E-state index is 13.7. The Labute approximate surface area is 170 Å². The van der Waals surface area contributed by atoms with Gasteiger partial charge in [-0.2, -0.15) is 0 Å². The van der Waals surface area contributed by atoms with Gasteiger partial charge in [0.1, 0.15) is 17.4 Å². The molecule has 0 spiro atoms. The van der Waals surface area contributed by atoms with Gasteiger partial charge in [-0.05, 0) is 43.7 Å². The number of hydrogen-bond acceptors (Lipinski definition) is 2. The zero-order valence-corrected chi connectivity index (χ0v) is 17.4. The molecule has 0 amide bonds. The fraction of sp³-hybridized carbons (Fsp3) is 0.316. The molecule has 0 aliphatic carbocycles. The number of halogens is 3. The molecule has 142 valence electrons. The molecule has 0 saturated carbocycles. The first-order valence-corrected chi connectivity index (χ1v) is 8.13. The first kappa shape index (κ1) is 22.1. The van der Waals surface area contributed by atoms with Crippen molar-refractivity contribution in [1.82, 2.24) is 10.6 Å². The van der Waals surface area contributed by atoms with Crippen LogP contribution in [-0.2, 0) is 13.1 Å². The Morgan fingerprint density at radius 1 is 1.08 bits per heavy atom. The second kappa shape index (κ2) is 10.9. The molecule has 0 unspecified atom stereocenters. The number of guanidine groups is 1. The highest BCUT2D eigenvalue weighted by atomic mass is 127. The summed E-state index contributed by atoms with van der Waals surface area (Å²) in [5.74, 6) is 0.364. The summed E-state index contributed by atoms with van der Waals surface area (Å²) in [6.45, 7) is 5.14. The van der Waals surface area contributed by atoms with Crippen molar-refractivity contribution in [1.29, 1.82) is 0 Å². The van der Waals surface area contributed by atoms with Gasteiger partial charge < -0.3 is 15.4 Å². The van der Waals surface area contributed by atoms with Crippen molar-refractivity contribution in [2.24, 2.45) is 4.99 Å². The lowest BCUT2D eigenvalue weighted by molar-refractivity contribution is 0.408. The molecule has 0 atom stereocenters. The number of methoxy groups -OCH3 is 1. The molecule has 0 radical (unpaired) electrons. The van der Waals surface area contributed by atoms with Gasteiger partial charge in [-0.3, -0.25) is 0 Å². The lowest BCUT2D eigenvalue weighted by atomic mass is 10.1. The van der Waals surface area contributed by atoms with E-state index in [1.165, 1.54) is 0 Å². The predicted molar refractivity (Wildman–Crippen MR) is 111 cm³/mol. The number of benzene rings is 2. The molecule has 2 aromatic carbocycles. The van der Waals surface area contributed by atoms with Crippen molar-refractivity contribution in [3.8, 4) is 5.75 Å². The summed E-state index contributed by atoms with van der Waals surface area (Å²) in [6, 6.07) is 9.31. The van der Waals surface area contributed by atoms with Gasteiger partial charge >= 0.3 is 0 Å². The Hall–Kier alpha value is -1.90. The molecule has 0 heterocycles. The topological polar surface area (TPSA) is 45.7 Å². The SMILES string of the molecule is CCNC(=NCc1cc(F)ccc1F)NCc1ccc(C)cc1OC.I. The van der Waals surface area contributed by atoms with Crippen LogP contribution in [0.3, 0.4) is 0 Å². The van der Waals surface area contributed by atoms with Crippen LogP contribution in [0.4, 0.5) is 8.78 Å². The van der Waals surface area contributed by atoms with Gasteiger partial charge in [0, 0.05) is 24.2 Å². The summed E-state index contributed by atoms with van der Waals surface area (Å²) in [5, 5.41) is 6.27. The molecule has 0 aromatic heterocycles. The number of aliphatic imine (C=N–C) groups is 1. The summed E-state index contributed by atoms with van der Waals surface area (Å²) in [5.41, 5.74) is 2.31. The zero-order chi connectivity index (χ0) is 18.2. The van der Waals surface area contributed by atoms with Crippen LogP contribution in [0, 0.1) is 18.6 Å². The van der Waals surface area contributed by atoms with E-state index in [0.717, 1.165) is 35.1 Å². The van der Waals surface area contributed by atoms with E-state index in [4.69, 9.17) is 4.74 Å². The Bertz CT molecular complexity index is 754. The maximum atomic E-state index is 13.7. The van der Waals surface area contributed by atoms with E-state index in [0.29, 0.717) is 19.0 Å². The normalized spacial score (nSPS) is 10.9. The van der Waals surface area contributed by atoms with E-state index >= 15 is 0 Å². The van der Waals surface area contributed by atoms with Gasteiger partial charge in [0.2, 0.25) is 0 Å². The van der Waals surface area contributed by atoms with Crippen LogP contribution in [0.25, 0.3) is 0 Å². The van der Waals surface area contributed by atoms with E-state index in [1.54, 1.807) is 7.11 Å². The van der Waals surface area contributed by atoms with Gasteiger partial charge in [0.15, 0.2) is 5.96 Å². The fourth-order valence-electron chi connectivity index (χ4n) is 2.35. The Morgan fingerprint density at radius 2 is 1.85 bits per heavy atom. The number of aryl methyl sites for hydroxylation is 1. The minimum absolute atomic E-state index is 0. The van der Waals surface area contributed by atoms with Crippen molar-refractivity contribution >= 4 is 29.9 Å². The molecular formula is C19H24F2IN3O. The average Bonchev–Trinajstić information content (AvgIpc) is 2.60. The smallest absolute Gasteiger partial charge is 0.191 e. The minimum Gasteiger partial charge on any atom is -0.496 e. The fourth-order valence-corrected chi connectivity index (χ4v) is 2.35. The Morgan fingerprint density at radius 3 is 2.54 bits per heavy atom. The molecule has 7 heteroatoms. The van der Waals surface area contributed by atoms with Crippen molar-refractivity contribution in [3.05, 3.63) is 64.7 Å². The Balaban J connectivity index is 0.00000338. The molecule has 4 nitrogen and oxygen atoms in total. The quantitative estimate of drug-likeness (QED) is 0.375. The van der Waals surface area contributed by atoms with Crippen molar-refractivity contribution in [2.75, 3.05) is 13.7 Å². The van der Waals surface area contributed by atoms with Crippen molar-refractivity contribution < 1.29 is 13.5 Å². The highest BCUT2D eigenvalue weighted by Gasteiger charge is 2.06. The Kier molecular flexibility index (Phi) is 9.32. The minimum atomic E-state index is -0.478. The van der Waals surface area contributed by atoms with Crippen LogP contribution in [-0.4, -0.2) is 19.6 Å². The largest absolute Gasteiger partial charge is 0.496 e. The van der Waals surface area contributed by atoms with Crippen LogP contribution in [0.1, 0.15) is 23.6 Å². The third-order valence-corrected chi connectivity index (χ3v) is 3.65. The van der Waals surface area contributed by atoms with Crippen molar-refractivity contribution in [3.63, 3.8) is 0 Å². The third-order valence-electron chi connectivity index (χ3n) is 3.65. The van der Waals surface area contributed by atoms with Crippen LogP contribution < -0.4 is 15.4 Å². The molecule has 2 aromatic rings. The zero-order valence-electron chi connectivity index (χ0n) is 15.1. The predicted octanol–water partition coefficient (Wildman–Crippen LogP) is 4.16. The maximum Gasteiger partial charge on any atom is 0.191 e. The monoisotopic (exact) mass is 475 g/mol. The van der Waals surface area contributed by atoms with Gasteiger partial charge in [-0.1, -0.05) is 12.1 Å². The summed E-state index contributed by atoms with van der Waals surface area (Å²) < 4.78 is 32.3. The molecule has 0 aliphatic heterocycles. The molecule has 2 N–H and O–H groups in total. The standard InChI is InChI=1S/C19H23F2N3O.HI/c1-4-22-19(24-12-15-10-16(20)7-8-17(15)21)23-11-14-6-5-13(2)9-18(14)25-3;/h5-10H,4,11-12H2,1-3H3,(H2,22,23,24);1H. The molecule has 0 aliphatic rings. The first-order chi connectivity index (χ1) is 12.0. The van der Waals surface area contributed by atoms with Crippen LogP contribution in [0.2, 0.25) is 0 Å². The average molecular weight is 475 g/mol. The van der Waals surface area contributed by atoms with Crippen LogP contribution >= 0.6 is 24.0 Å². The van der Waals surface area contributed by atoms with Gasteiger partial charge in [0.25, 0.3) is 0 Å². The second-order valence-electron chi connectivity index (χ2n) is 5.60. The van der Waals surface area contributed by atoms with E-state index in [9.17, 15) is 8.78 Å². The van der Waals surface area contributed by atoms with E-state index in [-0.39, 0.29) is 36.1 Å². The lowest BCUT2D eigenvalue weighted by Crippen LogP contribution is -2.36. The second-order valence-corrected chi connectivity index (χ2v) is 5.60. The number of nitrogens with zero attached hydrogens (tertiary/aromatic N) is 1. The van der Waals surface area contributed by atoms with Gasteiger partial charge in [-0.15, -0.1) is 24.0 Å². The summed E-state index contributed by atoms with van der Waals surface area (Å²) in [7, 11) is 1.63. The van der Waals surface area contributed by atoms with Crippen LogP contribution in [0.5, 0.6) is 5.75 Å². The molecule has 0 bridgehead atoms. The van der Waals surface area contributed by atoms with Gasteiger partial charge in [0.05, 0.1) is 13.7 Å².